The van der Waals surface area contributed by atoms with Crippen molar-refractivity contribution < 1.29 is 9.90 Å². The van der Waals surface area contributed by atoms with Crippen molar-refractivity contribution in [1.29, 1.82) is 0 Å². The fourth-order valence-corrected chi connectivity index (χ4v) is 3.19. The second-order valence-electron chi connectivity index (χ2n) is 4.98. The van der Waals surface area contributed by atoms with Gasteiger partial charge in [-0.2, -0.15) is 0 Å². The van der Waals surface area contributed by atoms with Crippen LogP contribution >= 0.6 is 11.3 Å². The number of aromatic nitrogens is 1. The molecule has 5 heteroatoms. The number of nitrogens with one attached hydrogen (secondary N) is 1. The lowest BCUT2D eigenvalue weighted by molar-refractivity contribution is 0.0702. The number of carboxylic acid groups (broad SMARTS) is 1. The van der Waals surface area contributed by atoms with Crippen molar-refractivity contribution in [3.63, 3.8) is 0 Å². The Balaban J connectivity index is 1.98. The Bertz CT molecular complexity index is 405. The summed E-state index contributed by atoms with van der Waals surface area (Å²) in [7, 11) is 0. The summed E-state index contributed by atoms with van der Waals surface area (Å²) in [6.07, 6.45) is 5.03. The van der Waals surface area contributed by atoms with E-state index < -0.39 is 5.97 Å². The predicted molar refractivity (Wildman–Crippen MR) is 68.7 cm³/mol. The van der Waals surface area contributed by atoms with E-state index in [1.54, 1.807) is 0 Å². The van der Waals surface area contributed by atoms with E-state index >= 15 is 0 Å². The van der Waals surface area contributed by atoms with E-state index in [0.717, 1.165) is 17.5 Å². The Labute approximate surface area is 105 Å². The van der Waals surface area contributed by atoms with Crippen LogP contribution in [0.25, 0.3) is 0 Å². The Morgan fingerprint density at radius 1 is 1.53 bits per heavy atom. The number of thiazole rings is 1. The molecule has 3 atom stereocenters. The summed E-state index contributed by atoms with van der Waals surface area (Å²) in [4.78, 5) is 15.2. The van der Waals surface area contributed by atoms with Crippen LogP contribution in [0.4, 0.5) is 5.13 Å². The van der Waals surface area contributed by atoms with Gasteiger partial charge in [-0.3, -0.25) is 0 Å². The topological polar surface area (TPSA) is 62.2 Å². The molecule has 1 aliphatic carbocycles. The van der Waals surface area contributed by atoms with Gasteiger partial charge in [0.25, 0.3) is 0 Å². The molecule has 1 saturated carbocycles. The number of hydrogen-bond acceptors (Lipinski definition) is 4. The average molecular weight is 254 g/mol. The summed E-state index contributed by atoms with van der Waals surface area (Å²) in [5, 5.41) is 12.9. The smallest absolute Gasteiger partial charge is 0.347 e. The number of rotatable bonds is 3. The molecule has 0 amide bonds. The summed E-state index contributed by atoms with van der Waals surface area (Å²) >= 11 is 1.22. The second kappa shape index (κ2) is 5.04. The van der Waals surface area contributed by atoms with Crippen molar-refractivity contribution in [3.05, 3.63) is 11.1 Å². The van der Waals surface area contributed by atoms with Crippen molar-refractivity contribution in [2.75, 3.05) is 5.32 Å². The summed E-state index contributed by atoms with van der Waals surface area (Å²) < 4.78 is 0. The van der Waals surface area contributed by atoms with Gasteiger partial charge in [0.1, 0.15) is 4.88 Å². The molecule has 3 unspecified atom stereocenters. The van der Waals surface area contributed by atoms with Crippen molar-refractivity contribution >= 4 is 22.4 Å². The molecule has 17 heavy (non-hydrogen) atoms. The van der Waals surface area contributed by atoms with E-state index in [1.807, 2.05) is 0 Å². The Kier molecular flexibility index (Phi) is 3.66. The Hall–Kier alpha value is -1.10. The highest BCUT2D eigenvalue weighted by Crippen LogP contribution is 2.31. The first-order valence-corrected chi connectivity index (χ1v) is 6.83. The van der Waals surface area contributed by atoms with Gasteiger partial charge in [0.2, 0.25) is 0 Å². The third-order valence-electron chi connectivity index (χ3n) is 3.46. The Morgan fingerprint density at radius 2 is 2.29 bits per heavy atom. The molecule has 1 heterocycles. The van der Waals surface area contributed by atoms with Crippen LogP contribution in [0, 0.1) is 11.8 Å². The molecule has 0 spiro atoms. The molecular formula is C12H18N2O2S. The number of aromatic carboxylic acids is 1. The van der Waals surface area contributed by atoms with Crippen LogP contribution in [0.3, 0.4) is 0 Å². The van der Waals surface area contributed by atoms with E-state index in [-0.39, 0.29) is 0 Å². The standard InChI is InChI=1S/C12H18N2O2S/c1-7-3-4-9(8(2)5-7)14-12-13-6-10(17-12)11(15)16/h6-9H,3-5H2,1-2H3,(H,13,14)(H,15,16). The molecule has 0 aromatic carbocycles. The number of carboxylic acids is 1. The van der Waals surface area contributed by atoms with Crippen molar-refractivity contribution in [1.82, 2.24) is 4.98 Å². The molecule has 0 bridgehead atoms. The number of anilines is 1. The number of nitrogens with zero attached hydrogens (tertiary/aromatic N) is 1. The van der Waals surface area contributed by atoms with Gasteiger partial charge >= 0.3 is 5.97 Å². The molecule has 2 rings (SSSR count). The fraction of sp³-hybridized carbons (Fsp3) is 0.667. The molecule has 0 saturated heterocycles. The lowest BCUT2D eigenvalue weighted by atomic mass is 9.80. The molecule has 2 N–H and O–H groups in total. The van der Waals surface area contributed by atoms with E-state index in [0.29, 0.717) is 16.8 Å². The largest absolute Gasteiger partial charge is 0.477 e. The van der Waals surface area contributed by atoms with Gasteiger partial charge in [-0.1, -0.05) is 25.2 Å². The van der Waals surface area contributed by atoms with Gasteiger partial charge in [0, 0.05) is 6.04 Å². The average Bonchev–Trinajstić information content (AvgIpc) is 2.71. The SMILES string of the molecule is CC1CCC(Nc2ncc(C(=O)O)s2)C(C)C1. The van der Waals surface area contributed by atoms with Crippen molar-refractivity contribution in [3.8, 4) is 0 Å². The number of carbonyl (C=O) groups is 1. The lowest BCUT2D eigenvalue weighted by Crippen LogP contribution is -2.32. The van der Waals surface area contributed by atoms with E-state index in [4.69, 9.17) is 5.11 Å². The maximum absolute atomic E-state index is 10.8. The minimum Gasteiger partial charge on any atom is -0.477 e. The van der Waals surface area contributed by atoms with Crippen LogP contribution in [0.5, 0.6) is 0 Å². The minimum absolute atomic E-state index is 0.296. The molecule has 4 nitrogen and oxygen atoms in total. The summed E-state index contributed by atoms with van der Waals surface area (Å²) in [6, 6.07) is 0.430. The van der Waals surface area contributed by atoms with E-state index in [9.17, 15) is 4.79 Å². The zero-order valence-corrected chi connectivity index (χ0v) is 11.0. The third kappa shape index (κ3) is 2.97. The summed E-state index contributed by atoms with van der Waals surface area (Å²) in [5.41, 5.74) is 0. The lowest BCUT2D eigenvalue weighted by Gasteiger charge is -2.32. The quantitative estimate of drug-likeness (QED) is 0.870. The van der Waals surface area contributed by atoms with Crippen LogP contribution in [0.15, 0.2) is 6.20 Å². The van der Waals surface area contributed by atoms with Gasteiger partial charge in [-0.25, -0.2) is 9.78 Å². The van der Waals surface area contributed by atoms with Crippen molar-refractivity contribution in [2.45, 2.75) is 39.2 Å². The predicted octanol–water partition coefficient (Wildman–Crippen LogP) is 3.08. The van der Waals surface area contributed by atoms with Crippen LogP contribution < -0.4 is 5.32 Å². The van der Waals surface area contributed by atoms with E-state index in [1.165, 1.54) is 30.4 Å². The maximum atomic E-state index is 10.8. The zero-order valence-electron chi connectivity index (χ0n) is 10.1. The number of hydrogen-bond donors (Lipinski definition) is 2. The first-order valence-electron chi connectivity index (χ1n) is 6.02. The first-order chi connectivity index (χ1) is 8.06. The first kappa shape index (κ1) is 12.4. The molecular weight excluding hydrogens is 236 g/mol. The molecule has 0 radical (unpaired) electrons. The van der Waals surface area contributed by atoms with Gasteiger partial charge in [-0.15, -0.1) is 0 Å². The minimum atomic E-state index is -0.902. The molecule has 1 fully saturated rings. The normalized spacial score (nSPS) is 28.9. The van der Waals surface area contributed by atoms with Crippen LogP contribution in [-0.4, -0.2) is 22.1 Å². The molecule has 94 valence electrons. The molecule has 1 aromatic heterocycles. The molecule has 1 aromatic rings. The van der Waals surface area contributed by atoms with E-state index in [2.05, 4.69) is 24.1 Å². The fourth-order valence-electron chi connectivity index (χ4n) is 2.48. The van der Waals surface area contributed by atoms with Crippen LogP contribution in [-0.2, 0) is 0 Å². The monoisotopic (exact) mass is 254 g/mol. The third-order valence-corrected chi connectivity index (χ3v) is 4.37. The summed E-state index contributed by atoms with van der Waals surface area (Å²) in [5.74, 6) is 0.519. The van der Waals surface area contributed by atoms with Gasteiger partial charge in [0.15, 0.2) is 5.13 Å². The maximum Gasteiger partial charge on any atom is 0.347 e. The van der Waals surface area contributed by atoms with Crippen molar-refractivity contribution in [2.24, 2.45) is 11.8 Å². The second-order valence-corrected chi connectivity index (χ2v) is 6.01. The highest BCUT2D eigenvalue weighted by atomic mass is 32.1. The van der Waals surface area contributed by atoms with Gasteiger partial charge in [0.05, 0.1) is 6.20 Å². The highest BCUT2D eigenvalue weighted by molar-refractivity contribution is 7.17. The van der Waals surface area contributed by atoms with Gasteiger partial charge < -0.3 is 10.4 Å². The van der Waals surface area contributed by atoms with Crippen LogP contribution in [0.2, 0.25) is 0 Å². The molecule has 1 aliphatic rings. The highest BCUT2D eigenvalue weighted by Gasteiger charge is 2.25. The van der Waals surface area contributed by atoms with Crippen LogP contribution in [0.1, 0.15) is 42.8 Å². The molecule has 0 aliphatic heterocycles. The Morgan fingerprint density at radius 3 is 2.88 bits per heavy atom. The summed E-state index contributed by atoms with van der Waals surface area (Å²) in [6.45, 7) is 4.54. The zero-order chi connectivity index (χ0) is 12.4. The van der Waals surface area contributed by atoms with Gasteiger partial charge in [-0.05, 0) is 31.1 Å².